The summed E-state index contributed by atoms with van der Waals surface area (Å²) in [4.78, 5) is 10.9. The van der Waals surface area contributed by atoms with Gasteiger partial charge in [-0.25, -0.2) is 0 Å². The highest BCUT2D eigenvalue weighted by Gasteiger charge is 2.27. The predicted octanol–water partition coefficient (Wildman–Crippen LogP) is 6.31. The Bertz CT molecular complexity index is 956. The normalized spacial score (nSPS) is 18.5. The molecule has 0 aliphatic carbocycles. The van der Waals surface area contributed by atoms with Crippen molar-refractivity contribution in [2.45, 2.75) is 80.2 Å². The number of rotatable bonds is 13. The molecule has 200 valence electrons. The van der Waals surface area contributed by atoms with Gasteiger partial charge in [0, 0.05) is 49.9 Å². The van der Waals surface area contributed by atoms with E-state index < -0.39 is 12.0 Å². The van der Waals surface area contributed by atoms with Gasteiger partial charge < -0.3 is 15.2 Å². The minimum atomic E-state index is -0.944. The first-order valence-corrected chi connectivity index (χ1v) is 12.8. The molecule has 2 N–H and O–H groups in total. The third-order valence-corrected chi connectivity index (χ3v) is 5.48. The quantitative estimate of drug-likeness (QED) is 0.232. The maximum absolute atomic E-state index is 10.7. The summed E-state index contributed by atoms with van der Waals surface area (Å²) in [5.41, 5.74) is 5.50. The van der Waals surface area contributed by atoms with Crippen LogP contribution in [0.5, 0.6) is 0 Å². The van der Waals surface area contributed by atoms with E-state index in [4.69, 9.17) is 4.74 Å². The first-order chi connectivity index (χ1) is 16.9. The van der Waals surface area contributed by atoms with Gasteiger partial charge in [-0.1, -0.05) is 44.7 Å². The number of amidine groups is 1. The number of hydrogen-bond donors (Lipinski definition) is 2. The van der Waals surface area contributed by atoms with Crippen LogP contribution < -0.4 is 5.32 Å². The summed E-state index contributed by atoms with van der Waals surface area (Å²) in [5.74, 6) is 1.20. The third-order valence-electron chi connectivity index (χ3n) is 5.48. The minimum Gasteiger partial charge on any atom is -0.356 e. The molecule has 0 aromatic carbocycles. The van der Waals surface area contributed by atoms with Crippen molar-refractivity contribution in [3.8, 4) is 0 Å². The Balaban J connectivity index is 3.21. The SMILES string of the molecule is C=C(C)/C(C(=C)CCCN(CC(C)C)C(O)OC(C)(C)C)=C1/C(C(=C/C)/C=N/C=C/C)=CNC1=NC. The molecule has 1 aliphatic rings. The fourth-order valence-electron chi connectivity index (χ4n) is 4.04. The van der Waals surface area contributed by atoms with E-state index >= 15 is 0 Å². The fourth-order valence-corrected chi connectivity index (χ4v) is 4.04. The molecule has 0 aromatic rings. The van der Waals surface area contributed by atoms with E-state index in [1.165, 1.54) is 0 Å². The maximum Gasteiger partial charge on any atom is 0.216 e. The molecule has 1 rings (SSSR count). The molecule has 1 atom stereocenters. The molecule has 0 saturated heterocycles. The molecule has 1 heterocycles. The van der Waals surface area contributed by atoms with E-state index in [0.29, 0.717) is 12.5 Å². The summed E-state index contributed by atoms with van der Waals surface area (Å²) in [6.45, 7) is 26.2. The Morgan fingerprint density at radius 3 is 2.42 bits per heavy atom. The van der Waals surface area contributed by atoms with Gasteiger partial charge in [-0.15, -0.1) is 0 Å². The van der Waals surface area contributed by atoms with Crippen molar-refractivity contribution in [1.29, 1.82) is 0 Å². The van der Waals surface area contributed by atoms with Gasteiger partial charge in [-0.2, -0.15) is 0 Å². The largest absolute Gasteiger partial charge is 0.356 e. The number of aliphatic hydroxyl groups is 1. The highest BCUT2D eigenvalue weighted by Crippen LogP contribution is 2.34. The summed E-state index contributed by atoms with van der Waals surface area (Å²) in [6, 6.07) is 0. The molecule has 0 fully saturated rings. The smallest absolute Gasteiger partial charge is 0.216 e. The van der Waals surface area contributed by atoms with Crippen molar-refractivity contribution in [3.05, 3.63) is 71.1 Å². The van der Waals surface area contributed by atoms with E-state index in [-0.39, 0.29) is 0 Å². The summed E-state index contributed by atoms with van der Waals surface area (Å²) >= 11 is 0. The molecule has 0 aromatic heterocycles. The van der Waals surface area contributed by atoms with E-state index in [0.717, 1.165) is 58.7 Å². The van der Waals surface area contributed by atoms with Crippen LogP contribution in [0.15, 0.2) is 81.1 Å². The van der Waals surface area contributed by atoms with Gasteiger partial charge in [0.2, 0.25) is 6.41 Å². The number of aliphatic imine (C=N–C) groups is 2. The van der Waals surface area contributed by atoms with Gasteiger partial charge in [0.1, 0.15) is 5.84 Å². The number of hydrogen-bond acceptors (Lipinski definition) is 5. The second-order valence-corrected chi connectivity index (χ2v) is 10.5. The zero-order valence-electron chi connectivity index (χ0n) is 24.0. The molecule has 0 amide bonds. The van der Waals surface area contributed by atoms with Crippen LogP contribution in [0.4, 0.5) is 0 Å². The van der Waals surface area contributed by atoms with Crippen LogP contribution in [0.3, 0.4) is 0 Å². The average Bonchev–Trinajstić information content (AvgIpc) is 3.17. The van der Waals surface area contributed by atoms with Crippen LogP contribution in [0.2, 0.25) is 0 Å². The monoisotopic (exact) mass is 496 g/mol. The highest BCUT2D eigenvalue weighted by molar-refractivity contribution is 6.11. The Labute approximate surface area is 219 Å². The molecule has 0 spiro atoms. The highest BCUT2D eigenvalue weighted by atomic mass is 16.6. The topological polar surface area (TPSA) is 69.5 Å². The average molecular weight is 497 g/mol. The lowest BCUT2D eigenvalue weighted by molar-refractivity contribution is -0.240. The summed E-state index contributed by atoms with van der Waals surface area (Å²) < 4.78 is 5.83. The van der Waals surface area contributed by atoms with E-state index in [2.05, 4.69) is 42.3 Å². The molecule has 6 heteroatoms. The molecule has 6 nitrogen and oxygen atoms in total. The molecule has 1 aliphatic heterocycles. The van der Waals surface area contributed by atoms with E-state index in [9.17, 15) is 5.11 Å². The molecule has 0 bridgehead atoms. The van der Waals surface area contributed by atoms with Crippen LogP contribution in [0.25, 0.3) is 0 Å². The number of ether oxygens (including phenoxy) is 1. The number of nitrogens with zero attached hydrogens (tertiary/aromatic N) is 3. The van der Waals surface area contributed by atoms with Crippen molar-refractivity contribution in [3.63, 3.8) is 0 Å². The van der Waals surface area contributed by atoms with Crippen molar-refractivity contribution < 1.29 is 9.84 Å². The van der Waals surface area contributed by atoms with Gasteiger partial charge in [0.25, 0.3) is 0 Å². The summed E-state index contributed by atoms with van der Waals surface area (Å²) in [5, 5.41) is 14.0. The van der Waals surface area contributed by atoms with Crippen LogP contribution in [-0.2, 0) is 4.74 Å². The molecule has 36 heavy (non-hydrogen) atoms. The second kappa shape index (κ2) is 14.9. The zero-order valence-corrected chi connectivity index (χ0v) is 24.0. The third kappa shape index (κ3) is 9.84. The van der Waals surface area contributed by atoms with Gasteiger partial charge >= 0.3 is 0 Å². The summed E-state index contributed by atoms with van der Waals surface area (Å²) in [6.07, 6.45) is 10.2. The lowest BCUT2D eigenvalue weighted by Gasteiger charge is -2.33. The number of nitrogens with one attached hydrogen (secondary N) is 1. The van der Waals surface area contributed by atoms with Crippen LogP contribution >= 0.6 is 0 Å². The first kappa shape index (κ1) is 31.5. The van der Waals surface area contributed by atoms with Gasteiger partial charge in [-0.05, 0) is 77.0 Å². The van der Waals surface area contributed by atoms with Crippen LogP contribution in [0, 0.1) is 5.92 Å². The standard InChI is InChI=1S/C30H48N4O2/c1-12-16-32-18-24(13-2)25-19-33-28(31-11)27(25)26(22(5)6)23(7)15-14-17-34(20-21(3)4)29(35)36-30(8,9)10/h12-13,16,18-19,21,29,35H,5,7,14-15,17,20H2,1-4,6,8-11H3,(H,31,33)/b16-12+,24-13+,27-26+,32-18+. The Morgan fingerprint density at radius 2 is 1.92 bits per heavy atom. The fraction of sp³-hybridized carbons (Fsp3) is 0.533. The minimum absolute atomic E-state index is 0.406. The second-order valence-electron chi connectivity index (χ2n) is 10.5. The lowest BCUT2D eigenvalue weighted by atomic mass is 9.87. The summed E-state index contributed by atoms with van der Waals surface area (Å²) in [7, 11) is 1.78. The van der Waals surface area contributed by atoms with Gasteiger partial charge in [0.05, 0.1) is 5.60 Å². The molecular weight excluding hydrogens is 448 g/mol. The number of allylic oxidation sites excluding steroid dienone is 6. The van der Waals surface area contributed by atoms with E-state index in [1.54, 1.807) is 13.2 Å². The Hall–Kier alpha value is -2.54. The van der Waals surface area contributed by atoms with Gasteiger partial charge in [-0.3, -0.25) is 14.9 Å². The molecule has 0 radical (unpaired) electrons. The lowest BCUT2D eigenvalue weighted by Crippen LogP contribution is -2.44. The first-order valence-electron chi connectivity index (χ1n) is 12.8. The van der Waals surface area contributed by atoms with E-state index in [1.807, 2.05) is 71.0 Å². The Morgan fingerprint density at radius 1 is 1.25 bits per heavy atom. The zero-order chi connectivity index (χ0) is 27.5. The predicted molar refractivity (Wildman–Crippen MR) is 155 cm³/mol. The van der Waals surface area contributed by atoms with Crippen molar-refractivity contribution in [2.24, 2.45) is 15.9 Å². The number of aliphatic hydroxyl groups excluding tert-OH is 1. The van der Waals surface area contributed by atoms with Crippen molar-refractivity contribution in [1.82, 2.24) is 10.2 Å². The maximum atomic E-state index is 10.7. The van der Waals surface area contributed by atoms with Gasteiger partial charge in [0.15, 0.2) is 0 Å². The van der Waals surface area contributed by atoms with Crippen LogP contribution in [-0.4, -0.2) is 54.2 Å². The Kier molecular flexibility index (Phi) is 13.0. The molecular formula is C30H48N4O2. The van der Waals surface area contributed by atoms with Crippen molar-refractivity contribution >= 4 is 12.1 Å². The molecule has 1 unspecified atom stereocenters. The van der Waals surface area contributed by atoms with Crippen LogP contribution in [0.1, 0.15) is 68.2 Å². The van der Waals surface area contributed by atoms with Crippen molar-refractivity contribution in [2.75, 3.05) is 20.1 Å². The molecule has 0 saturated carbocycles.